The molecule has 2 aromatic carbocycles. The van der Waals surface area contributed by atoms with Crippen molar-refractivity contribution < 1.29 is 4.79 Å². The second-order valence-electron chi connectivity index (χ2n) is 6.27. The monoisotopic (exact) mass is 340 g/mol. The molecule has 0 spiro atoms. The third kappa shape index (κ3) is 3.93. The van der Waals surface area contributed by atoms with Crippen LogP contribution in [-0.2, 0) is 17.0 Å². The molecule has 1 amide bonds. The number of carbonyl (C=O) groups excluding carboxylic acids is 1. The van der Waals surface area contributed by atoms with Crippen molar-refractivity contribution in [3.8, 4) is 0 Å². The Balaban J connectivity index is 1.63. The Morgan fingerprint density at radius 3 is 2.67 bits per heavy atom. The van der Waals surface area contributed by atoms with Crippen molar-refractivity contribution in [3.05, 3.63) is 59.2 Å². The number of rotatable bonds is 6. The van der Waals surface area contributed by atoms with E-state index < -0.39 is 0 Å². The molecule has 24 heavy (non-hydrogen) atoms. The van der Waals surface area contributed by atoms with Gasteiger partial charge in [-0.05, 0) is 61.0 Å². The van der Waals surface area contributed by atoms with Crippen LogP contribution in [0.1, 0.15) is 36.5 Å². The summed E-state index contributed by atoms with van der Waals surface area (Å²) >= 11 is 1.70. The zero-order chi connectivity index (χ0) is 16.9. The van der Waals surface area contributed by atoms with Gasteiger partial charge in [-0.2, -0.15) is 0 Å². The van der Waals surface area contributed by atoms with Crippen LogP contribution in [-0.4, -0.2) is 12.5 Å². The van der Waals surface area contributed by atoms with Crippen molar-refractivity contribution in [1.82, 2.24) is 0 Å². The minimum absolute atomic E-state index is 0.249. The van der Waals surface area contributed by atoms with E-state index in [4.69, 9.17) is 0 Å². The Morgan fingerprint density at radius 1 is 1.12 bits per heavy atom. The first-order chi connectivity index (χ1) is 11.7. The van der Waals surface area contributed by atoms with Crippen LogP contribution in [0.25, 0.3) is 0 Å². The van der Waals surface area contributed by atoms with Crippen molar-refractivity contribution in [2.75, 3.05) is 16.2 Å². The van der Waals surface area contributed by atoms with Gasteiger partial charge in [-0.1, -0.05) is 36.8 Å². The minimum atomic E-state index is 0.249. The van der Waals surface area contributed by atoms with Gasteiger partial charge in [0.15, 0.2) is 0 Å². The summed E-state index contributed by atoms with van der Waals surface area (Å²) in [5.74, 6) is 1.18. The van der Waals surface area contributed by atoms with Crippen molar-refractivity contribution in [2.45, 2.75) is 38.9 Å². The van der Waals surface area contributed by atoms with Gasteiger partial charge >= 0.3 is 0 Å². The van der Waals surface area contributed by atoms with E-state index >= 15 is 0 Å². The molecule has 0 fully saturated rings. The summed E-state index contributed by atoms with van der Waals surface area (Å²) in [6.07, 6.45) is 2.44. The van der Waals surface area contributed by atoms with Gasteiger partial charge in [-0.25, -0.2) is 0 Å². The van der Waals surface area contributed by atoms with E-state index in [1.807, 2.05) is 4.90 Å². The van der Waals surface area contributed by atoms with Gasteiger partial charge in [0.2, 0.25) is 5.91 Å². The number of nitrogens with one attached hydrogen (secondary N) is 1. The van der Waals surface area contributed by atoms with Crippen LogP contribution in [0.4, 0.5) is 11.4 Å². The van der Waals surface area contributed by atoms with Crippen molar-refractivity contribution in [2.24, 2.45) is 0 Å². The minimum Gasteiger partial charge on any atom is -0.329 e. The van der Waals surface area contributed by atoms with E-state index in [1.165, 1.54) is 16.7 Å². The lowest BCUT2D eigenvalue weighted by Crippen LogP contribution is -2.35. The molecule has 0 saturated carbocycles. The van der Waals surface area contributed by atoms with Gasteiger partial charge in [0.05, 0.1) is 0 Å². The Labute approximate surface area is 148 Å². The number of benzene rings is 2. The summed E-state index contributed by atoms with van der Waals surface area (Å²) in [5.41, 5.74) is 6.07. The maximum absolute atomic E-state index is 12.1. The van der Waals surface area contributed by atoms with Crippen LogP contribution < -0.4 is 9.62 Å². The van der Waals surface area contributed by atoms with Crippen LogP contribution >= 0.6 is 11.9 Å². The number of aryl methyl sites for hydroxylation is 2. The van der Waals surface area contributed by atoms with Gasteiger partial charge in [0, 0.05) is 30.1 Å². The highest BCUT2D eigenvalue weighted by molar-refractivity contribution is 7.99. The highest BCUT2D eigenvalue weighted by atomic mass is 32.2. The summed E-state index contributed by atoms with van der Waals surface area (Å²) in [4.78, 5) is 14.0. The standard InChI is InChI=1S/C20H24N2OS/c1-3-12-22-19-10-9-18(13-17(19)8-11-20(22)23)21-24-14-16-6-4-15(2)5-7-16/h4-7,9-10,13,21H,3,8,11-12,14H2,1-2H3. The molecule has 4 heteroatoms. The van der Waals surface area contributed by atoms with Crippen LogP contribution in [0, 0.1) is 6.92 Å². The lowest BCUT2D eigenvalue weighted by atomic mass is 10.0. The third-order valence-electron chi connectivity index (χ3n) is 4.28. The number of hydrogen-bond donors (Lipinski definition) is 1. The molecule has 0 bridgehead atoms. The zero-order valence-electron chi connectivity index (χ0n) is 14.3. The molecule has 1 N–H and O–H groups in total. The van der Waals surface area contributed by atoms with Crippen molar-refractivity contribution in [3.63, 3.8) is 0 Å². The number of carbonyl (C=O) groups is 1. The normalized spacial score (nSPS) is 13.8. The topological polar surface area (TPSA) is 32.3 Å². The van der Waals surface area contributed by atoms with E-state index in [9.17, 15) is 4.79 Å². The van der Waals surface area contributed by atoms with E-state index in [-0.39, 0.29) is 5.91 Å². The summed E-state index contributed by atoms with van der Waals surface area (Å²) in [5, 5.41) is 0. The molecule has 1 heterocycles. The van der Waals surface area contributed by atoms with E-state index in [2.05, 4.69) is 61.0 Å². The lowest BCUT2D eigenvalue weighted by Gasteiger charge is -2.29. The molecule has 0 aliphatic carbocycles. The largest absolute Gasteiger partial charge is 0.329 e. The first-order valence-corrected chi connectivity index (χ1v) is 9.52. The van der Waals surface area contributed by atoms with Gasteiger partial charge in [-0.3, -0.25) is 4.79 Å². The van der Waals surface area contributed by atoms with E-state index in [0.717, 1.165) is 36.5 Å². The quantitative estimate of drug-likeness (QED) is 0.756. The van der Waals surface area contributed by atoms with Crippen LogP contribution in [0.5, 0.6) is 0 Å². The predicted octanol–water partition coefficient (Wildman–Crippen LogP) is 4.94. The Bertz CT molecular complexity index is 712. The molecule has 3 nitrogen and oxygen atoms in total. The van der Waals surface area contributed by atoms with E-state index in [0.29, 0.717) is 6.42 Å². The van der Waals surface area contributed by atoms with Crippen LogP contribution in [0.3, 0.4) is 0 Å². The predicted molar refractivity (Wildman–Crippen MR) is 104 cm³/mol. The molecule has 0 aromatic heterocycles. The Morgan fingerprint density at radius 2 is 1.92 bits per heavy atom. The maximum atomic E-state index is 12.1. The number of amides is 1. The van der Waals surface area contributed by atoms with Crippen molar-refractivity contribution >= 4 is 29.2 Å². The van der Waals surface area contributed by atoms with E-state index in [1.54, 1.807) is 11.9 Å². The molecular formula is C20H24N2OS. The molecule has 0 radical (unpaired) electrons. The fraction of sp³-hybridized carbons (Fsp3) is 0.350. The number of fused-ring (bicyclic) bond motifs is 1. The smallest absolute Gasteiger partial charge is 0.227 e. The van der Waals surface area contributed by atoms with Crippen LogP contribution in [0.2, 0.25) is 0 Å². The molecule has 1 aliphatic heterocycles. The summed E-state index contributed by atoms with van der Waals surface area (Å²) in [6, 6.07) is 15.0. The van der Waals surface area contributed by atoms with Gasteiger partial charge < -0.3 is 9.62 Å². The summed E-state index contributed by atoms with van der Waals surface area (Å²) in [7, 11) is 0. The highest BCUT2D eigenvalue weighted by Crippen LogP contribution is 2.31. The van der Waals surface area contributed by atoms with Crippen LogP contribution in [0.15, 0.2) is 42.5 Å². The summed E-state index contributed by atoms with van der Waals surface area (Å²) in [6.45, 7) is 5.02. The second-order valence-corrected chi connectivity index (χ2v) is 7.05. The highest BCUT2D eigenvalue weighted by Gasteiger charge is 2.23. The zero-order valence-corrected chi connectivity index (χ0v) is 15.2. The number of anilines is 2. The molecule has 0 unspecified atom stereocenters. The molecule has 126 valence electrons. The third-order valence-corrected chi connectivity index (χ3v) is 5.13. The fourth-order valence-electron chi connectivity index (χ4n) is 2.98. The van der Waals surface area contributed by atoms with Gasteiger partial charge in [0.1, 0.15) is 0 Å². The molecule has 0 saturated heterocycles. The summed E-state index contributed by atoms with van der Waals surface area (Å²) < 4.78 is 3.43. The molecule has 3 rings (SSSR count). The maximum Gasteiger partial charge on any atom is 0.227 e. The molecule has 2 aromatic rings. The van der Waals surface area contributed by atoms with Crippen molar-refractivity contribution in [1.29, 1.82) is 0 Å². The number of nitrogens with zero attached hydrogens (tertiary/aromatic N) is 1. The molecular weight excluding hydrogens is 316 g/mol. The Hall–Kier alpha value is -1.94. The second kappa shape index (κ2) is 7.75. The average molecular weight is 340 g/mol. The fourth-order valence-corrected chi connectivity index (χ4v) is 3.70. The Kier molecular flexibility index (Phi) is 5.46. The SMILES string of the molecule is CCCN1C(=O)CCc2cc(NSCc3ccc(C)cc3)ccc21. The van der Waals surface area contributed by atoms with Gasteiger partial charge in [0.25, 0.3) is 0 Å². The first-order valence-electron chi connectivity index (χ1n) is 8.54. The molecule has 0 atom stereocenters. The number of hydrogen-bond acceptors (Lipinski definition) is 3. The molecule has 1 aliphatic rings. The first kappa shape index (κ1) is 16.9. The average Bonchev–Trinajstić information content (AvgIpc) is 2.59. The lowest BCUT2D eigenvalue weighted by molar-refractivity contribution is -0.118. The van der Waals surface area contributed by atoms with Gasteiger partial charge in [-0.15, -0.1) is 0 Å².